The van der Waals surface area contributed by atoms with Crippen molar-refractivity contribution in [3.63, 3.8) is 0 Å². The van der Waals surface area contributed by atoms with Crippen LogP contribution in [0.25, 0.3) is 0 Å². The number of halogens is 1. The van der Waals surface area contributed by atoms with Crippen molar-refractivity contribution in [3.05, 3.63) is 41.1 Å². The van der Waals surface area contributed by atoms with E-state index in [9.17, 15) is 8.42 Å². The molecule has 0 saturated carbocycles. The minimum Gasteiger partial charge on any atom is -0.383 e. The molecule has 6 nitrogen and oxygen atoms in total. The highest BCUT2D eigenvalue weighted by molar-refractivity contribution is 9.10. The van der Waals surface area contributed by atoms with Gasteiger partial charge in [-0.25, -0.2) is 9.97 Å². The molecular weight excluding hydrogens is 356 g/mol. The molecule has 0 unspecified atom stereocenters. The third kappa shape index (κ3) is 4.15. The Labute approximate surface area is 132 Å². The summed E-state index contributed by atoms with van der Waals surface area (Å²) in [6.07, 6.45) is 3.85. The van der Waals surface area contributed by atoms with Crippen LogP contribution in [0.15, 0.2) is 46.2 Å². The highest BCUT2D eigenvalue weighted by Gasteiger charge is 2.20. The molecule has 0 amide bonds. The first kappa shape index (κ1) is 15.7. The molecule has 0 aliphatic heterocycles. The fourth-order valence-electron chi connectivity index (χ4n) is 1.62. The Bertz CT molecular complexity index is 704. The number of sulfonamides is 1. The summed E-state index contributed by atoms with van der Waals surface area (Å²) < 4.78 is 28.0. The fraction of sp³-hybridized carbons (Fsp3) is 0.231. The quantitative estimate of drug-likeness (QED) is 0.816. The molecule has 0 fully saturated rings. The molecule has 2 aromatic heterocycles. The van der Waals surface area contributed by atoms with Gasteiger partial charge in [-0.05, 0) is 46.6 Å². The van der Waals surface area contributed by atoms with Crippen molar-refractivity contribution in [2.24, 2.45) is 0 Å². The van der Waals surface area contributed by atoms with Crippen molar-refractivity contribution in [2.45, 2.75) is 18.4 Å². The van der Waals surface area contributed by atoms with Crippen LogP contribution in [-0.2, 0) is 10.0 Å². The predicted molar refractivity (Wildman–Crippen MR) is 85.8 cm³/mol. The van der Waals surface area contributed by atoms with E-state index >= 15 is 0 Å². The first-order valence-electron chi connectivity index (χ1n) is 6.36. The van der Waals surface area contributed by atoms with Crippen molar-refractivity contribution in [3.8, 4) is 0 Å². The van der Waals surface area contributed by atoms with E-state index in [1.807, 2.05) is 6.92 Å². The summed E-state index contributed by atoms with van der Waals surface area (Å²) >= 11 is 3.25. The number of pyridine rings is 2. The van der Waals surface area contributed by atoms with E-state index in [0.29, 0.717) is 12.2 Å². The second-order valence-corrected chi connectivity index (χ2v) is 6.76. The summed E-state index contributed by atoms with van der Waals surface area (Å²) in [4.78, 5) is 7.96. The van der Waals surface area contributed by atoms with Gasteiger partial charge in [-0.1, -0.05) is 6.92 Å². The number of hydrogen-bond donors (Lipinski definition) is 2. The normalized spacial score (nSPS) is 11.1. The highest BCUT2D eigenvalue weighted by atomic mass is 79.9. The van der Waals surface area contributed by atoms with Gasteiger partial charge in [0.25, 0.3) is 10.0 Å². The highest BCUT2D eigenvalue weighted by Crippen LogP contribution is 2.21. The Kier molecular flexibility index (Phi) is 5.13. The van der Waals surface area contributed by atoms with Crippen LogP contribution in [-0.4, -0.2) is 24.9 Å². The van der Waals surface area contributed by atoms with E-state index in [4.69, 9.17) is 0 Å². The summed E-state index contributed by atoms with van der Waals surface area (Å²) in [5.41, 5.74) is 0.476. The van der Waals surface area contributed by atoms with E-state index in [1.54, 1.807) is 24.3 Å². The van der Waals surface area contributed by atoms with E-state index in [0.717, 1.165) is 10.9 Å². The first-order valence-corrected chi connectivity index (χ1v) is 8.64. The lowest BCUT2D eigenvalue weighted by Crippen LogP contribution is -2.17. The second kappa shape index (κ2) is 6.86. The third-order valence-electron chi connectivity index (χ3n) is 2.56. The van der Waals surface area contributed by atoms with Crippen LogP contribution < -0.4 is 10.0 Å². The average Bonchev–Trinajstić information content (AvgIpc) is 2.47. The number of nitrogens with zero attached hydrogens (tertiary/aromatic N) is 2. The van der Waals surface area contributed by atoms with Crippen LogP contribution in [0.4, 0.5) is 11.5 Å². The lowest BCUT2D eigenvalue weighted by molar-refractivity contribution is 0.597. The van der Waals surface area contributed by atoms with Crippen LogP contribution in [0.3, 0.4) is 0 Å². The molecule has 0 bridgehead atoms. The summed E-state index contributed by atoms with van der Waals surface area (Å²) in [6, 6.07) is 6.66. The Balaban J connectivity index is 2.29. The van der Waals surface area contributed by atoms with Crippen molar-refractivity contribution in [2.75, 3.05) is 16.6 Å². The number of aromatic nitrogens is 2. The van der Waals surface area contributed by atoms with E-state index in [1.165, 1.54) is 12.4 Å². The smallest absolute Gasteiger partial charge is 0.282 e. The largest absolute Gasteiger partial charge is 0.383 e. The van der Waals surface area contributed by atoms with Gasteiger partial charge in [-0.2, -0.15) is 8.42 Å². The lowest BCUT2D eigenvalue weighted by Gasteiger charge is -2.11. The van der Waals surface area contributed by atoms with Crippen molar-refractivity contribution in [1.29, 1.82) is 0 Å². The van der Waals surface area contributed by atoms with E-state index < -0.39 is 10.0 Å². The van der Waals surface area contributed by atoms with Gasteiger partial charge in [0.2, 0.25) is 0 Å². The number of anilines is 2. The zero-order chi connectivity index (χ0) is 15.3. The molecule has 0 atom stereocenters. The van der Waals surface area contributed by atoms with Gasteiger partial charge in [0.05, 0.1) is 5.69 Å². The maximum atomic E-state index is 12.4. The monoisotopic (exact) mass is 370 g/mol. The third-order valence-corrected chi connectivity index (χ3v) is 4.34. The first-order chi connectivity index (χ1) is 10.0. The molecule has 0 radical (unpaired) electrons. The van der Waals surface area contributed by atoms with E-state index in [2.05, 4.69) is 35.9 Å². The van der Waals surface area contributed by atoms with Crippen molar-refractivity contribution >= 4 is 37.5 Å². The lowest BCUT2D eigenvalue weighted by atomic mass is 10.4. The maximum Gasteiger partial charge on any atom is 0.282 e. The minimum absolute atomic E-state index is 0.0387. The minimum atomic E-state index is -3.79. The SMILES string of the molecule is CCCNc1cccnc1S(=O)(=O)Nc1ccc(Br)cn1. The van der Waals surface area contributed by atoms with E-state index in [-0.39, 0.29) is 10.8 Å². The number of hydrogen-bond acceptors (Lipinski definition) is 5. The fourth-order valence-corrected chi connectivity index (χ4v) is 2.98. The van der Waals surface area contributed by atoms with Crippen LogP contribution in [0, 0.1) is 0 Å². The van der Waals surface area contributed by atoms with Crippen LogP contribution in [0.2, 0.25) is 0 Å². The van der Waals surface area contributed by atoms with Gasteiger partial charge in [0.15, 0.2) is 5.03 Å². The average molecular weight is 371 g/mol. The standard InChI is InChI=1S/C13H15BrN4O2S/c1-2-7-15-11-4-3-8-16-13(11)21(19,20)18-12-6-5-10(14)9-17-12/h3-6,8-9,15H,2,7H2,1H3,(H,17,18). The molecule has 21 heavy (non-hydrogen) atoms. The molecule has 2 rings (SSSR count). The van der Waals surface area contributed by atoms with Gasteiger partial charge in [0.1, 0.15) is 5.82 Å². The van der Waals surface area contributed by atoms with Gasteiger partial charge in [-0.15, -0.1) is 0 Å². The molecule has 0 spiro atoms. The molecule has 0 aliphatic rings. The van der Waals surface area contributed by atoms with Crippen molar-refractivity contribution in [1.82, 2.24) is 9.97 Å². The van der Waals surface area contributed by atoms with Crippen LogP contribution in [0.5, 0.6) is 0 Å². The Morgan fingerprint density at radius 3 is 2.71 bits per heavy atom. The topological polar surface area (TPSA) is 84.0 Å². The molecular formula is C13H15BrN4O2S. The second-order valence-electron chi connectivity index (χ2n) is 4.25. The summed E-state index contributed by atoms with van der Waals surface area (Å²) in [5.74, 6) is 0.241. The van der Waals surface area contributed by atoms with Crippen LogP contribution >= 0.6 is 15.9 Å². The molecule has 2 aromatic rings. The summed E-state index contributed by atoms with van der Waals surface area (Å²) in [7, 11) is -3.79. The Morgan fingerprint density at radius 2 is 2.05 bits per heavy atom. The molecule has 0 aliphatic carbocycles. The van der Waals surface area contributed by atoms with Gasteiger partial charge in [0, 0.05) is 23.4 Å². The zero-order valence-corrected chi connectivity index (χ0v) is 13.8. The Morgan fingerprint density at radius 1 is 1.24 bits per heavy atom. The number of nitrogens with one attached hydrogen (secondary N) is 2. The molecule has 0 saturated heterocycles. The predicted octanol–water partition coefficient (Wildman–Crippen LogP) is 2.86. The van der Waals surface area contributed by atoms with Crippen LogP contribution in [0.1, 0.15) is 13.3 Å². The molecule has 2 heterocycles. The van der Waals surface area contributed by atoms with Gasteiger partial charge < -0.3 is 5.32 Å². The van der Waals surface area contributed by atoms with Crippen molar-refractivity contribution < 1.29 is 8.42 Å². The molecule has 0 aromatic carbocycles. The Hall–Kier alpha value is -1.67. The summed E-state index contributed by atoms with van der Waals surface area (Å²) in [5, 5.41) is 3.02. The van der Waals surface area contributed by atoms with Gasteiger partial charge in [-0.3, -0.25) is 4.72 Å². The maximum absolute atomic E-state index is 12.4. The molecule has 112 valence electrons. The number of rotatable bonds is 6. The molecule has 8 heteroatoms. The molecule has 2 N–H and O–H groups in total. The zero-order valence-electron chi connectivity index (χ0n) is 11.4. The van der Waals surface area contributed by atoms with Gasteiger partial charge >= 0.3 is 0 Å². The summed E-state index contributed by atoms with van der Waals surface area (Å²) in [6.45, 7) is 2.67.